The number of phenols is 1. The summed E-state index contributed by atoms with van der Waals surface area (Å²) in [6, 6.07) is 10.4. The average Bonchev–Trinajstić information content (AvgIpc) is 3.24. The lowest BCUT2D eigenvalue weighted by Crippen LogP contribution is -2.36. The molecule has 2 aromatic carbocycles. The van der Waals surface area contributed by atoms with Crippen molar-refractivity contribution in [2.75, 3.05) is 26.9 Å². The van der Waals surface area contributed by atoms with Gasteiger partial charge in [-0.05, 0) is 42.7 Å². The van der Waals surface area contributed by atoms with Gasteiger partial charge in [0.2, 0.25) is 0 Å². The maximum atomic E-state index is 13.5. The molecule has 3 rings (SSSR count). The van der Waals surface area contributed by atoms with Crippen molar-refractivity contribution in [1.82, 2.24) is 10.6 Å². The highest BCUT2D eigenvalue weighted by Crippen LogP contribution is 2.22. The molecule has 0 radical (unpaired) electrons. The molecule has 1 aliphatic heterocycles. The van der Waals surface area contributed by atoms with Gasteiger partial charge in [0.05, 0.1) is 13.2 Å². The third kappa shape index (κ3) is 6.09. The monoisotopic (exact) mass is 401 g/mol. The van der Waals surface area contributed by atoms with Crippen LogP contribution in [0.5, 0.6) is 11.5 Å². The molecule has 0 aromatic heterocycles. The summed E-state index contributed by atoms with van der Waals surface area (Å²) in [5, 5.41) is 15.7. The molecule has 7 heteroatoms. The minimum atomic E-state index is -0.638. The number of halogens is 1. The largest absolute Gasteiger partial charge is 0.505 e. The van der Waals surface area contributed by atoms with Crippen molar-refractivity contribution in [2.24, 2.45) is 10.9 Å². The van der Waals surface area contributed by atoms with Crippen molar-refractivity contribution in [1.29, 1.82) is 0 Å². The van der Waals surface area contributed by atoms with E-state index in [2.05, 4.69) is 21.7 Å². The van der Waals surface area contributed by atoms with E-state index >= 15 is 0 Å². The third-order valence-corrected chi connectivity index (χ3v) is 4.86. The zero-order valence-corrected chi connectivity index (χ0v) is 16.9. The molecular formula is C22H28FN3O3. The van der Waals surface area contributed by atoms with Crippen LogP contribution in [0.1, 0.15) is 23.1 Å². The van der Waals surface area contributed by atoms with Gasteiger partial charge in [-0.25, -0.2) is 4.39 Å². The summed E-state index contributed by atoms with van der Waals surface area (Å²) in [5.41, 5.74) is 2.89. The van der Waals surface area contributed by atoms with Crippen LogP contribution in [-0.4, -0.2) is 37.9 Å². The molecule has 0 bridgehead atoms. The number of aryl methyl sites for hydroxylation is 1. The van der Waals surface area contributed by atoms with E-state index in [4.69, 9.17) is 9.47 Å². The number of aliphatic imine (C=N–C) groups is 1. The van der Waals surface area contributed by atoms with Crippen LogP contribution in [0.3, 0.4) is 0 Å². The van der Waals surface area contributed by atoms with Gasteiger partial charge >= 0.3 is 0 Å². The predicted molar refractivity (Wildman–Crippen MR) is 111 cm³/mol. The predicted octanol–water partition coefficient (Wildman–Crippen LogP) is 3.12. The maximum Gasteiger partial charge on any atom is 0.191 e. The second-order valence-electron chi connectivity index (χ2n) is 7.22. The van der Waals surface area contributed by atoms with Crippen molar-refractivity contribution >= 4 is 5.96 Å². The highest BCUT2D eigenvalue weighted by molar-refractivity contribution is 5.79. The summed E-state index contributed by atoms with van der Waals surface area (Å²) >= 11 is 0. The molecule has 156 valence electrons. The quantitative estimate of drug-likeness (QED) is 0.491. The number of nitrogens with zero attached hydrogens (tertiary/aromatic N) is 1. The number of guanidine groups is 1. The van der Waals surface area contributed by atoms with E-state index < -0.39 is 5.82 Å². The van der Waals surface area contributed by atoms with E-state index in [1.54, 1.807) is 13.1 Å². The van der Waals surface area contributed by atoms with Gasteiger partial charge in [0.15, 0.2) is 17.5 Å². The van der Waals surface area contributed by atoms with Crippen molar-refractivity contribution in [3.8, 4) is 11.5 Å². The van der Waals surface area contributed by atoms with Crippen molar-refractivity contribution in [3.05, 3.63) is 58.9 Å². The molecular weight excluding hydrogens is 373 g/mol. The number of benzene rings is 2. The Balaban J connectivity index is 1.56. The van der Waals surface area contributed by atoms with Crippen LogP contribution in [0.4, 0.5) is 4.39 Å². The van der Waals surface area contributed by atoms with E-state index in [1.165, 1.54) is 12.1 Å². The van der Waals surface area contributed by atoms with E-state index in [9.17, 15) is 9.50 Å². The van der Waals surface area contributed by atoms with Crippen LogP contribution in [0.2, 0.25) is 0 Å². The van der Waals surface area contributed by atoms with Crippen LogP contribution < -0.4 is 15.4 Å². The molecule has 1 saturated heterocycles. The van der Waals surface area contributed by atoms with Crippen molar-refractivity contribution in [2.45, 2.75) is 26.4 Å². The number of aromatic hydroxyl groups is 1. The molecule has 0 amide bonds. The van der Waals surface area contributed by atoms with E-state index in [0.29, 0.717) is 37.1 Å². The Kier molecular flexibility index (Phi) is 7.30. The molecule has 1 unspecified atom stereocenters. The zero-order valence-electron chi connectivity index (χ0n) is 16.9. The topological polar surface area (TPSA) is 75.1 Å². The molecule has 2 aromatic rings. The molecule has 0 aliphatic carbocycles. The van der Waals surface area contributed by atoms with Gasteiger partial charge in [0.25, 0.3) is 0 Å². The smallest absolute Gasteiger partial charge is 0.191 e. The minimum absolute atomic E-state index is 0.354. The zero-order chi connectivity index (χ0) is 20.6. The van der Waals surface area contributed by atoms with E-state index in [-0.39, 0.29) is 5.75 Å². The Morgan fingerprint density at radius 1 is 1.24 bits per heavy atom. The molecule has 1 heterocycles. The van der Waals surface area contributed by atoms with Gasteiger partial charge in [-0.3, -0.25) is 4.99 Å². The minimum Gasteiger partial charge on any atom is -0.505 e. The Bertz CT molecular complexity index is 851. The average molecular weight is 401 g/mol. The molecule has 0 saturated carbocycles. The van der Waals surface area contributed by atoms with Gasteiger partial charge in [0, 0.05) is 38.2 Å². The fourth-order valence-corrected chi connectivity index (χ4v) is 3.11. The Hall–Kier alpha value is -2.80. The van der Waals surface area contributed by atoms with Gasteiger partial charge < -0.3 is 25.2 Å². The summed E-state index contributed by atoms with van der Waals surface area (Å²) in [4.78, 5) is 4.21. The lowest BCUT2D eigenvalue weighted by Gasteiger charge is -2.17. The second-order valence-corrected chi connectivity index (χ2v) is 7.22. The number of hydrogen-bond donors (Lipinski definition) is 3. The third-order valence-electron chi connectivity index (χ3n) is 4.86. The van der Waals surface area contributed by atoms with Crippen LogP contribution in [-0.2, 0) is 17.8 Å². The Morgan fingerprint density at radius 2 is 2.07 bits per heavy atom. The van der Waals surface area contributed by atoms with E-state index in [0.717, 1.165) is 36.5 Å². The number of rotatable bonds is 7. The standard InChI is InChI=1S/C22H28FN3O3/c1-15-3-5-18(21(9-15)29-14-17-7-8-28-13-17)12-26-22(24-2)25-11-16-4-6-20(27)19(23)10-16/h3-6,9-10,17,27H,7-8,11-14H2,1-2H3,(H2,24,25,26). The van der Waals surface area contributed by atoms with Crippen molar-refractivity contribution < 1.29 is 19.0 Å². The van der Waals surface area contributed by atoms with Gasteiger partial charge in [-0.15, -0.1) is 0 Å². The second kappa shape index (κ2) is 10.1. The van der Waals surface area contributed by atoms with Crippen LogP contribution >= 0.6 is 0 Å². The first-order chi connectivity index (χ1) is 14.0. The van der Waals surface area contributed by atoms with Crippen LogP contribution in [0, 0.1) is 18.7 Å². The molecule has 6 nitrogen and oxygen atoms in total. The number of phenolic OH excluding ortho intramolecular Hbond substituents is 1. The summed E-state index contributed by atoms with van der Waals surface area (Å²) in [5.74, 6) is 0.903. The summed E-state index contributed by atoms with van der Waals surface area (Å²) in [6.07, 6.45) is 1.04. The first-order valence-corrected chi connectivity index (χ1v) is 9.77. The highest BCUT2D eigenvalue weighted by Gasteiger charge is 2.17. The fourth-order valence-electron chi connectivity index (χ4n) is 3.11. The first kappa shape index (κ1) is 20.9. The lowest BCUT2D eigenvalue weighted by atomic mass is 10.1. The van der Waals surface area contributed by atoms with Crippen LogP contribution in [0.25, 0.3) is 0 Å². The summed E-state index contributed by atoms with van der Waals surface area (Å²) in [6.45, 7) is 5.18. The SMILES string of the molecule is CN=C(NCc1ccc(O)c(F)c1)NCc1ccc(C)cc1OCC1CCOC1. The van der Waals surface area contributed by atoms with Gasteiger partial charge in [0.1, 0.15) is 5.75 Å². The summed E-state index contributed by atoms with van der Waals surface area (Å²) < 4.78 is 25.0. The van der Waals surface area contributed by atoms with E-state index in [1.807, 2.05) is 19.1 Å². The van der Waals surface area contributed by atoms with Gasteiger partial charge in [-0.2, -0.15) is 0 Å². The van der Waals surface area contributed by atoms with Crippen LogP contribution in [0.15, 0.2) is 41.4 Å². The fraction of sp³-hybridized carbons (Fsp3) is 0.409. The Labute approximate surface area is 170 Å². The number of hydrogen-bond acceptors (Lipinski definition) is 4. The molecule has 0 spiro atoms. The molecule has 3 N–H and O–H groups in total. The number of nitrogens with one attached hydrogen (secondary N) is 2. The summed E-state index contributed by atoms with van der Waals surface area (Å²) in [7, 11) is 1.68. The number of ether oxygens (including phenoxy) is 2. The normalized spacial score (nSPS) is 16.7. The maximum absolute atomic E-state index is 13.5. The highest BCUT2D eigenvalue weighted by atomic mass is 19.1. The van der Waals surface area contributed by atoms with Crippen molar-refractivity contribution in [3.63, 3.8) is 0 Å². The first-order valence-electron chi connectivity index (χ1n) is 9.77. The Morgan fingerprint density at radius 3 is 2.79 bits per heavy atom. The van der Waals surface area contributed by atoms with Gasteiger partial charge in [-0.1, -0.05) is 18.2 Å². The lowest BCUT2D eigenvalue weighted by molar-refractivity contribution is 0.166. The molecule has 29 heavy (non-hydrogen) atoms. The molecule has 1 fully saturated rings. The molecule has 1 aliphatic rings. The molecule has 1 atom stereocenters.